The lowest BCUT2D eigenvalue weighted by Gasteiger charge is -2.15. The number of hydrogen-bond donors (Lipinski definition) is 1. The highest BCUT2D eigenvalue weighted by Crippen LogP contribution is 2.36. The number of hydrogen-bond acceptors (Lipinski definition) is 2. The lowest BCUT2D eigenvalue weighted by Crippen LogP contribution is -2.06. The molecule has 1 aromatic heterocycles. The quantitative estimate of drug-likeness (QED) is 0.728. The molecule has 1 heterocycles. The Morgan fingerprint density at radius 2 is 1.94 bits per heavy atom. The molecule has 0 saturated heterocycles. The molecule has 1 N–H and O–H groups in total. The third-order valence-electron chi connectivity index (χ3n) is 2.45. The predicted octanol–water partition coefficient (Wildman–Crippen LogP) is 6.02. The van der Waals surface area contributed by atoms with Crippen LogP contribution in [0.2, 0.25) is 13.7 Å². The van der Waals surface area contributed by atoms with Gasteiger partial charge in [-0.25, -0.2) is 4.39 Å². The van der Waals surface area contributed by atoms with Crippen molar-refractivity contribution in [1.29, 1.82) is 0 Å². The maximum Gasteiger partial charge on any atom is 0.124 e. The van der Waals surface area contributed by atoms with Crippen LogP contribution < -0.4 is 5.32 Å². The van der Waals surface area contributed by atoms with Gasteiger partial charge in [0.25, 0.3) is 0 Å². The van der Waals surface area contributed by atoms with Gasteiger partial charge in [0, 0.05) is 5.56 Å². The van der Waals surface area contributed by atoms with E-state index in [4.69, 9.17) is 34.8 Å². The molecule has 1 atom stereocenters. The van der Waals surface area contributed by atoms with Crippen LogP contribution in [-0.4, -0.2) is 0 Å². The molecule has 6 heteroatoms. The average Bonchev–Trinajstić information content (AvgIpc) is 2.62. The second kappa shape index (κ2) is 5.66. The molecule has 0 aliphatic heterocycles. The van der Waals surface area contributed by atoms with E-state index in [-0.39, 0.29) is 11.9 Å². The molecule has 2 aromatic rings. The van der Waals surface area contributed by atoms with Crippen LogP contribution in [-0.2, 0) is 0 Å². The van der Waals surface area contributed by atoms with Crippen LogP contribution in [0.5, 0.6) is 0 Å². The molecule has 1 aromatic carbocycles. The second-order valence-corrected chi connectivity index (χ2v) is 6.46. The lowest BCUT2D eigenvalue weighted by molar-refractivity contribution is 0.628. The minimum atomic E-state index is -0.366. The molecular weight excluding hydrogens is 316 g/mol. The number of halogens is 4. The Bertz CT molecular complexity index is 570. The molecule has 2 rings (SSSR count). The van der Waals surface area contributed by atoms with E-state index in [1.54, 1.807) is 6.07 Å². The molecule has 1 unspecified atom stereocenters. The number of thiophene rings is 1. The van der Waals surface area contributed by atoms with Crippen molar-refractivity contribution < 1.29 is 4.39 Å². The standard InChI is InChI=1S/C12H9Cl3FNS/c1-6(8-5-11(14)18-12(8)15)17-10-3-2-7(16)4-9(10)13/h2-6,17H,1H3. The summed E-state index contributed by atoms with van der Waals surface area (Å²) in [7, 11) is 0. The average molecular weight is 325 g/mol. The Balaban J connectivity index is 2.21. The molecule has 0 spiro atoms. The van der Waals surface area contributed by atoms with Crippen LogP contribution in [0.15, 0.2) is 24.3 Å². The predicted molar refractivity (Wildman–Crippen MR) is 77.8 cm³/mol. The van der Waals surface area contributed by atoms with Crippen molar-refractivity contribution in [3.63, 3.8) is 0 Å². The monoisotopic (exact) mass is 323 g/mol. The summed E-state index contributed by atoms with van der Waals surface area (Å²) in [4.78, 5) is 0. The van der Waals surface area contributed by atoms with Gasteiger partial charge in [-0.15, -0.1) is 11.3 Å². The Hall–Kier alpha value is -0.480. The van der Waals surface area contributed by atoms with Crippen molar-refractivity contribution in [2.45, 2.75) is 13.0 Å². The zero-order valence-electron chi connectivity index (χ0n) is 9.31. The smallest absolute Gasteiger partial charge is 0.124 e. The van der Waals surface area contributed by atoms with Crippen molar-refractivity contribution in [3.8, 4) is 0 Å². The van der Waals surface area contributed by atoms with Gasteiger partial charge in [-0.1, -0.05) is 34.8 Å². The van der Waals surface area contributed by atoms with E-state index < -0.39 is 0 Å². The topological polar surface area (TPSA) is 12.0 Å². The fraction of sp³-hybridized carbons (Fsp3) is 0.167. The van der Waals surface area contributed by atoms with Crippen molar-refractivity contribution in [1.82, 2.24) is 0 Å². The van der Waals surface area contributed by atoms with Crippen LogP contribution in [0.3, 0.4) is 0 Å². The molecule has 0 radical (unpaired) electrons. The first kappa shape index (κ1) is 13.9. The Morgan fingerprint density at radius 3 is 2.50 bits per heavy atom. The molecule has 0 aliphatic carbocycles. The van der Waals surface area contributed by atoms with Crippen LogP contribution >= 0.6 is 46.1 Å². The van der Waals surface area contributed by atoms with E-state index in [0.717, 1.165) is 5.56 Å². The molecule has 0 fully saturated rings. The van der Waals surface area contributed by atoms with Gasteiger partial charge in [0.2, 0.25) is 0 Å². The summed E-state index contributed by atoms with van der Waals surface area (Å²) >= 11 is 19.2. The zero-order chi connectivity index (χ0) is 13.3. The highest BCUT2D eigenvalue weighted by atomic mass is 35.5. The molecule has 0 saturated carbocycles. The summed E-state index contributed by atoms with van der Waals surface area (Å²) in [6.07, 6.45) is 0. The first-order valence-corrected chi connectivity index (χ1v) is 7.08. The fourth-order valence-electron chi connectivity index (χ4n) is 1.57. The molecular formula is C12H9Cl3FNS. The second-order valence-electron chi connectivity index (χ2n) is 3.77. The third kappa shape index (κ3) is 3.09. The lowest BCUT2D eigenvalue weighted by atomic mass is 10.1. The van der Waals surface area contributed by atoms with E-state index in [1.165, 1.54) is 23.5 Å². The summed E-state index contributed by atoms with van der Waals surface area (Å²) in [5.74, 6) is -0.366. The summed E-state index contributed by atoms with van der Waals surface area (Å²) in [5.41, 5.74) is 1.55. The van der Waals surface area contributed by atoms with Gasteiger partial charge in [-0.05, 0) is 31.2 Å². The highest BCUT2D eigenvalue weighted by Gasteiger charge is 2.14. The maximum atomic E-state index is 12.9. The van der Waals surface area contributed by atoms with Crippen molar-refractivity contribution in [2.75, 3.05) is 5.32 Å². The van der Waals surface area contributed by atoms with Crippen molar-refractivity contribution >= 4 is 51.8 Å². The number of benzene rings is 1. The van der Waals surface area contributed by atoms with Gasteiger partial charge < -0.3 is 5.32 Å². The zero-order valence-corrected chi connectivity index (χ0v) is 12.4. The summed E-state index contributed by atoms with van der Waals surface area (Å²) in [6.45, 7) is 1.93. The van der Waals surface area contributed by atoms with Crippen LogP contribution in [0.1, 0.15) is 18.5 Å². The van der Waals surface area contributed by atoms with E-state index in [9.17, 15) is 4.39 Å². The first-order chi connectivity index (χ1) is 8.47. The normalized spacial score (nSPS) is 12.5. The van der Waals surface area contributed by atoms with E-state index in [1.807, 2.05) is 13.0 Å². The Morgan fingerprint density at radius 1 is 1.22 bits per heavy atom. The van der Waals surface area contributed by atoms with Gasteiger partial charge in [0.05, 0.1) is 25.4 Å². The van der Waals surface area contributed by atoms with Crippen LogP contribution in [0.4, 0.5) is 10.1 Å². The molecule has 1 nitrogen and oxygen atoms in total. The molecule has 0 aliphatic rings. The fourth-order valence-corrected chi connectivity index (χ4v) is 3.43. The molecule has 96 valence electrons. The number of nitrogens with one attached hydrogen (secondary N) is 1. The van der Waals surface area contributed by atoms with Crippen LogP contribution in [0.25, 0.3) is 0 Å². The van der Waals surface area contributed by atoms with Crippen molar-refractivity contribution in [3.05, 3.63) is 49.3 Å². The summed E-state index contributed by atoms with van der Waals surface area (Å²) < 4.78 is 14.2. The Labute approximate surface area is 123 Å². The van der Waals surface area contributed by atoms with Gasteiger partial charge in [-0.3, -0.25) is 0 Å². The van der Waals surface area contributed by atoms with Crippen molar-refractivity contribution in [2.24, 2.45) is 0 Å². The highest BCUT2D eigenvalue weighted by molar-refractivity contribution is 7.20. The molecule has 0 amide bonds. The molecule has 18 heavy (non-hydrogen) atoms. The third-order valence-corrected chi connectivity index (χ3v) is 4.28. The maximum absolute atomic E-state index is 12.9. The minimum Gasteiger partial charge on any atom is -0.377 e. The number of rotatable bonds is 3. The van der Waals surface area contributed by atoms with E-state index in [0.29, 0.717) is 19.4 Å². The van der Waals surface area contributed by atoms with E-state index >= 15 is 0 Å². The van der Waals surface area contributed by atoms with Gasteiger partial charge >= 0.3 is 0 Å². The minimum absolute atomic E-state index is 0.0655. The molecule has 0 bridgehead atoms. The van der Waals surface area contributed by atoms with Gasteiger partial charge in [0.15, 0.2) is 0 Å². The first-order valence-electron chi connectivity index (χ1n) is 5.13. The Kier molecular flexibility index (Phi) is 4.38. The SMILES string of the molecule is CC(Nc1ccc(F)cc1Cl)c1cc(Cl)sc1Cl. The largest absolute Gasteiger partial charge is 0.377 e. The number of anilines is 1. The van der Waals surface area contributed by atoms with Crippen LogP contribution in [0, 0.1) is 5.82 Å². The summed E-state index contributed by atoms with van der Waals surface area (Å²) in [6, 6.07) is 5.95. The van der Waals surface area contributed by atoms with Gasteiger partial charge in [-0.2, -0.15) is 0 Å². The summed E-state index contributed by atoms with van der Waals surface area (Å²) in [5, 5.41) is 3.51. The van der Waals surface area contributed by atoms with Gasteiger partial charge in [0.1, 0.15) is 5.82 Å². The van der Waals surface area contributed by atoms with E-state index in [2.05, 4.69) is 5.32 Å².